The van der Waals surface area contributed by atoms with E-state index in [1.165, 1.54) is 24.5 Å². The Hall–Kier alpha value is -3.46. The molecule has 146 valence electrons. The van der Waals surface area contributed by atoms with E-state index in [2.05, 4.69) is 20.1 Å². The van der Waals surface area contributed by atoms with Gasteiger partial charge < -0.3 is 9.26 Å². The highest BCUT2D eigenvalue weighted by molar-refractivity contribution is 6.33. The van der Waals surface area contributed by atoms with E-state index in [0.29, 0.717) is 10.6 Å². The Bertz CT molecular complexity index is 1160. The van der Waals surface area contributed by atoms with Gasteiger partial charge in [-0.15, -0.1) is 0 Å². The van der Waals surface area contributed by atoms with Crippen molar-refractivity contribution in [2.45, 2.75) is 6.18 Å². The van der Waals surface area contributed by atoms with Crippen molar-refractivity contribution in [3.05, 3.63) is 71.5 Å². The zero-order valence-corrected chi connectivity index (χ0v) is 15.1. The second kappa shape index (κ2) is 7.51. The Labute approximate surface area is 167 Å². The van der Waals surface area contributed by atoms with Crippen LogP contribution in [0.1, 0.15) is 5.56 Å². The zero-order valence-electron chi connectivity index (χ0n) is 14.4. The largest absolute Gasteiger partial charge is 0.437 e. The number of halogens is 4. The highest BCUT2D eigenvalue weighted by Crippen LogP contribution is 2.34. The number of alkyl halides is 3. The van der Waals surface area contributed by atoms with Crippen molar-refractivity contribution < 1.29 is 22.4 Å². The molecule has 2 heterocycles. The van der Waals surface area contributed by atoms with Gasteiger partial charge in [-0.2, -0.15) is 18.2 Å². The summed E-state index contributed by atoms with van der Waals surface area (Å²) >= 11 is 6.13. The van der Waals surface area contributed by atoms with E-state index < -0.39 is 11.7 Å². The third kappa shape index (κ3) is 4.04. The molecule has 0 saturated carbocycles. The number of ether oxygens (including phenoxy) is 1. The van der Waals surface area contributed by atoms with E-state index in [1.54, 1.807) is 24.3 Å². The maximum Gasteiger partial charge on any atom is 0.416 e. The van der Waals surface area contributed by atoms with Gasteiger partial charge >= 0.3 is 6.18 Å². The molecule has 4 rings (SSSR count). The molecule has 0 aliphatic rings. The number of aromatic nitrogens is 4. The molecule has 0 bridgehead atoms. The average Bonchev–Trinajstić information content (AvgIpc) is 3.18. The summed E-state index contributed by atoms with van der Waals surface area (Å²) in [7, 11) is 0. The van der Waals surface area contributed by atoms with E-state index in [1.807, 2.05) is 0 Å². The first kappa shape index (κ1) is 18.9. The summed E-state index contributed by atoms with van der Waals surface area (Å²) in [5.41, 5.74) is -0.217. The first-order chi connectivity index (χ1) is 13.9. The van der Waals surface area contributed by atoms with Crippen LogP contribution in [-0.4, -0.2) is 20.1 Å². The monoisotopic (exact) mass is 418 g/mol. The minimum absolute atomic E-state index is 0.0509. The lowest BCUT2D eigenvalue weighted by Gasteiger charge is -2.10. The van der Waals surface area contributed by atoms with Crippen LogP contribution in [-0.2, 0) is 6.18 Å². The number of nitrogens with zero attached hydrogens (tertiary/aromatic N) is 4. The minimum Gasteiger partial charge on any atom is -0.437 e. The molecule has 0 radical (unpaired) electrons. The van der Waals surface area contributed by atoms with Crippen LogP contribution in [0.25, 0.3) is 23.0 Å². The predicted octanol–water partition coefficient (Wildman–Crippen LogP) is 5.66. The summed E-state index contributed by atoms with van der Waals surface area (Å²) in [5.74, 6) is 0.0750. The molecule has 0 unspecified atom stereocenters. The van der Waals surface area contributed by atoms with Crippen molar-refractivity contribution in [1.82, 2.24) is 20.1 Å². The lowest BCUT2D eigenvalue weighted by Crippen LogP contribution is -2.04. The second-order valence-electron chi connectivity index (χ2n) is 5.74. The van der Waals surface area contributed by atoms with E-state index >= 15 is 0 Å². The number of rotatable bonds is 4. The third-order valence-corrected chi connectivity index (χ3v) is 4.11. The molecule has 4 aromatic rings. The van der Waals surface area contributed by atoms with Gasteiger partial charge in [0.25, 0.3) is 5.89 Å². The van der Waals surface area contributed by atoms with Crippen LogP contribution in [0.2, 0.25) is 5.02 Å². The Morgan fingerprint density at radius 3 is 2.55 bits per heavy atom. The molecule has 0 fully saturated rings. The molecule has 10 heteroatoms. The van der Waals surface area contributed by atoms with Crippen molar-refractivity contribution in [3.63, 3.8) is 0 Å². The van der Waals surface area contributed by atoms with Crippen molar-refractivity contribution in [1.29, 1.82) is 0 Å². The van der Waals surface area contributed by atoms with Gasteiger partial charge in [-0.25, -0.2) is 9.97 Å². The fourth-order valence-electron chi connectivity index (χ4n) is 2.46. The van der Waals surface area contributed by atoms with Crippen LogP contribution in [0.15, 0.2) is 65.4 Å². The summed E-state index contributed by atoms with van der Waals surface area (Å²) in [6.45, 7) is 0. The Morgan fingerprint density at radius 2 is 1.76 bits per heavy atom. The topological polar surface area (TPSA) is 73.9 Å². The van der Waals surface area contributed by atoms with Crippen LogP contribution in [0.3, 0.4) is 0 Å². The van der Waals surface area contributed by atoms with Gasteiger partial charge in [0.15, 0.2) is 5.69 Å². The smallest absolute Gasteiger partial charge is 0.416 e. The lowest BCUT2D eigenvalue weighted by atomic mass is 10.2. The standard InChI is InChI=1S/C19H10ClF3N4O2/c20-14-7-2-1-6-13(14)17-26-16(27-29-17)15-18(25-9-8-24-15)28-12-5-3-4-11(10-12)19(21,22)23/h1-10H. The molecule has 0 aliphatic heterocycles. The van der Waals surface area contributed by atoms with E-state index in [0.717, 1.165) is 12.1 Å². The maximum absolute atomic E-state index is 12.9. The summed E-state index contributed by atoms with van der Waals surface area (Å²) in [5, 5.41) is 4.27. The average molecular weight is 419 g/mol. The Morgan fingerprint density at radius 1 is 0.966 bits per heavy atom. The van der Waals surface area contributed by atoms with Crippen LogP contribution < -0.4 is 4.74 Å². The van der Waals surface area contributed by atoms with Gasteiger partial charge in [-0.3, -0.25) is 0 Å². The SMILES string of the molecule is FC(F)(F)c1cccc(Oc2nccnc2-c2noc(-c3ccccc3Cl)n2)c1. The normalized spacial score (nSPS) is 11.4. The van der Waals surface area contributed by atoms with Crippen LogP contribution in [0.4, 0.5) is 13.2 Å². The van der Waals surface area contributed by atoms with Gasteiger partial charge in [-0.1, -0.05) is 35.0 Å². The van der Waals surface area contributed by atoms with Crippen molar-refractivity contribution in [3.8, 4) is 34.6 Å². The first-order valence-corrected chi connectivity index (χ1v) is 8.55. The summed E-state index contributed by atoms with van der Waals surface area (Å²) < 4.78 is 49.5. The molecule has 0 N–H and O–H groups in total. The summed E-state index contributed by atoms with van der Waals surface area (Å²) in [6, 6.07) is 11.3. The number of hydrogen-bond acceptors (Lipinski definition) is 6. The maximum atomic E-state index is 12.9. The predicted molar refractivity (Wildman–Crippen MR) is 97.3 cm³/mol. The molecule has 6 nitrogen and oxygen atoms in total. The fraction of sp³-hybridized carbons (Fsp3) is 0.0526. The van der Waals surface area contributed by atoms with Gasteiger partial charge in [-0.05, 0) is 30.3 Å². The Balaban J connectivity index is 1.68. The van der Waals surface area contributed by atoms with Crippen molar-refractivity contribution in [2.24, 2.45) is 0 Å². The molecule has 0 amide bonds. The van der Waals surface area contributed by atoms with E-state index in [9.17, 15) is 13.2 Å². The lowest BCUT2D eigenvalue weighted by molar-refractivity contribution is -0.137. The van der Waals surface area contributed by atoms with E-state index in [4.69, 9.17) is 20.9 Å². The summed E-state index contributed by atoms with van der Waals surface area (Å²) in [4.78, 5) is 12.4. The quantitative estimate of drug-likeness (QED) is 0.426. The molecule has 0 aliphatic carbocycles. The molecule has 2 aromatic heterocycles. The van der Waals surface area contributed by atoms with Crippen LogP contribution in [0.5, 0.6) is 11.6 Å². The number of benzene rings is 2. The van der Waals surface area contributed by atoms with Gasteiger partial charge in [0.2, 0.25) is 11.7 Å². The molecule has 0 atom stereocenters. The highest BCUT2D eigenvalue weighted by Gasteiger charge is 2.30. The van der Waals surface area contributed by atoms with Gasteiger partial charge in [0.05, 0.1) is 16.1 Å². The molecular formula is C19H10ClF3N4O2. The van der Waals surface area contributed by atoms with Gasteiger partial charge in [0, 0.05) is 12.4 Å². The van der Waals surface area contributed by atoms with E-state index in [-0.39, 0.29) is 29.0 Å². The minimum atomic E-state index is -4.50. The van der Waals surface area contributed by atoms with Crippen LogP contribution >= 0.6 is 11.6 Å². The number of hydrogen-bond donors (Lipinski definition) is 0. The summed E-state index contributed by atoms with van der Waals surface area (Å²) in [6.07, 6.45) is -1.79. The Kier molecular flexibility index (Phi) is 4.89. The molecular weight excluding hydrogens is 409 g/mol. The first-order valence-electron chi connectivity index (χ1n) is 8.17. The van der Waals surface area contributed by atoms with Crippen molar-refractivity contribution in [2.75, 3.05) is 0 Å². The molecule has 29 heavy (non-hydrogen) atoms. The van der Waals surface area contributed by atoms with Crippen molar-refractivity contribution >= 4 is 11.6 Å². The molecule has 2 aromatic carbocycles. The fourth-order valence-corrected chi connectivity index (χ4v) is 2.68. The van der Waals surface area contributed by atoms with Crippen LogP contribution in [0, 0.1) is 0 Å². The molecule has 0 saturated heterocycles. The van der Waals surface area contributed by atoms with Gasteiger partial charge in [0.1, 0.15) is 5.75 Å². The zero-order chi connectivity index (χ0) is 20.4. The third-order valence-electron chi connectivity index (χ3n) is 3.78. The molecule has 0 spiro atoms. The second-order valence-corrected chi connectivity index (χ2v) is 6.15. The highest BCUT2D eigenvalue weighted by atomic mass is 35.5.